The molecule has 0 radical (unpaired) electrons. The first-order valence-electron chi connectivity index (χ1n) is 7.10. The third-order valence-electron chi connectivity index (χ3n) is 3.63. The van der Waals surface area contributed by atoms with Crippen LogP contribution in [0.4, 0.5) is 0 Å². The molecule has 114 valence electrons. The molecule has 1 unspecified atom stereocenters. The van der Waals surface area contributed by atoms with Gasteiger partial charge < -0.3 is 5.32 Å². The van der Waals surface area contributed by atoms with Gasteiger partial charge in [0.25, 0.3) is 0 Å². The molecular formula is C15H26N2O2S. The SMILES string of the molecule is CNCCc1ccc(S(=O)(=O)NCC(C)C(C)C)cc1. The standard InChI is InChI=1S/C15H26N2O2S/c1-12(2)13(3)11-17-20(18,19)15-7-5-14(6-8-15)9-10-16-4/h5-8,12-13,16-17H,9-11H2,1-4H3. The Morgan fingerprint density at radius 2 is 1.70 bits per heavy atom. The van der Waals surface area contributed by atoms with Crippen molar-refractivity contribution in [1.82, 2.24) is 10.0 Å². The third kappa shape index (κ3) is 5.23. The highest BCUT2D eigenvalue weighted by atomic mass is 32.2. The molecule has 4 nitrogen and oxygen atoms in total. The molecule has 1 aromatic rings. The molecular weight excluding hydrogens is 272 g/mol. The number of nitrogens with one attached hydrogen (secondary N) is 2. The Balaban J connectivity index is 2.68. The number of rotatable bonds is 8. The van der Waals surface area contributed by atoms with Gasteiger partial charge in [-0.05, 0) is 49.5 Å². The molecule has 0 bridgehead atoms. The van der Waals surface area contributed by atoms with E-state index in [1.165, 1.54) is 0 Å². The molecule has 1 rings (SSSR count). The molecule has 5 heteroatoms. The van der Waals surface area contributed by atoms with Gasteiger partial charge in [-0.3, -0.25) is 0 Å². The summed E-state index contributed by atoms with van der Waals surface area (Å²) in [5.41, 5.74) is 1.13. The Hall–Kier alpha value is -0.910. The number of hydrogen-bond donors (Lipinski definition) is 2. The van der Waals surface area contributed by atoms with Gasteiger partial charge in [0.2, 0.25) is 10.0 Å². The van der Waals surface area contributed by atoms with Crippen molar-refractivity contribution in [3.8, 4) is 0 Å². The fraction of sp³-hybridized carbons (Fsp3) is 0.600. The predicted octanol–water partition coefficient (Wildman–Crippen LogP) is 2.02. The lowest BCUT2D eigenvalue weighted by Gasteiger charge is -2.16. The van der Waals surface area contributed by atoms with Gasteiger partial charge in [0.05, 0.1) is 4.90 Å². The molecule has 20 heavy (non-hydrogen) atoms. The summed E-state index contributed by atoms with van der Waals surface area (Å²) in [6.45, 7) is 7.59. The Labute approximate surface area is 123 Å². The van der Waals surface area contributed by atoms with E-state index in [9.17, 15) is 8.42 Å². The summed E-state index contributed by atoms with van der Waals surface area (Å²) in [6.07, 6.45) is 0.897. The summed E-state index contributed by atoms with van der Waals surface area (Å²) < 4.78 is 27.0. The maximum atomic E-state index is 12.2. The van der Waals surface area contributed by atoms with Crippen LogP contribution in [0.25, 0.3) is 0 Å². The molecule has 0 aromatic heterocycles. The van der Waals surface area contributed by atoms with Crippen molar-refractivity contribution in [2.24, 2.45) is 11.8 Å². The van der Waals surface area contributed by atoms with Crippen molar-refractivity contribution < 1.29 is 8.42 Å². The molecule has 0 saturated heterocycles. The summed E-state index contributed by atoms with van der Waals surface area (Å²) in [7, 11) is -1.49. The molecule has 0 aliphatic carbocycles. The Kier molecular flexibility index (Phi) is 6.65. The van der Waals surface area contributed by atoms with Crippen molar-refractivity contribution in [2.45, 2.75) is 32.1 Å². The number of benzene rings is 1. The van der Waals surface area contributed by atoms with Crippen molar-refractivity contribution in [3.05, 3.63) is 29.8 Å². The van der Waals surface area contributed by atoms with Gasteiger partial charge in [-0.15, -0.1) is 0 Å². The second kappa shape index (κ2) is 7.76. The lowest BCUT2D eigenvalue weighted by Crippen LogP contribution is -2.30. The summed E-state index contributed by atoms with van der Waals surface area (Å²) in [6, 6.07) is 7.09. The van der Waals surface area contributed by atoms with Crippen LogP contribution in [0.5, 0.6) is 0 Å². The van der Waals surface area contributed by atoms with Crippen LogP contribution in [-0.2, 0) is 16.4 Å². The first kappa shape index (κ1) is 17.1. The van der Waals surface area contributed by atoms with Gasteiger partial charge in [0.1, 0.15) is 0 Å². The summed E-state index contributed by atoms with van der Waals surface area (Å²) in [4.78, 5) is 0.335. The second-order valence-electron chi connectivity index (χ2n) is 5.57. The predicted molar refractivity (Wildman–Crippen MR) is 83.3 cm³/mol. The van der Waals surface area contributed by atoms with E-state index in [0.29, 0.717) is 23.3 Å². The highest BCUT2D eigenvalue weighted by Gasteiger charge is 2.16. The lowest BCUT2D eigenvalue weighted by atomic mass is 9.99. The van der Waals surface area contributed by atoms with E-state index >= 15 is 0 Å². The van der Waals surface area contributed by atoms with Gasteiger partial charge >= 0.3 is 0 Å². The monoisotopic (exact) mass is 298 g/mol. The largest absolute Gasteiger partial charge is 0.319 e. The van der Waals surface area contributed by atoms with Crippen LogP contribution in [0.15, 0.2) is 29.2 Å². The van der Waals surface area contributed by atoms with Gasteiger partial charge in [0, 0.05) is 6.54 Å². The molecule has 1 aromatic carbocycles. The van der Waals surface area contributed by atoms with Crippen LogP contribution in [0.2, 0.25) is 0 Å². The molecule has 0 fully saturated rings. The van der Waals surface area contributed by atoms with Crippen LogP contribution >= 0.6 is 0 Å². The summed E-state index contributed by atoms with van der Waals surface area (Å²) in [5, 5.41) is 3.07. The van der Waals surface area contributed by atoms with Crippen molar-refractivity contribution in [3.63, 3.8) is 0 Å². The van der Waals surface area contributed by atoms with E-state index in [1.807, 2.05) is 26.1 Å². The van der Waals surface area contributed by atoms with Gasteiger partial charge in [-0.2, -0.15) is 0 Å². The molecule has 0 amide bonds. The minimum atomic E-state index is -3.39. The van der Waals surface area contributed by atoms with E-state index in [-0.39, 0.29) is 0 Å². The number of likely N-dealkylation sites (N-methyl/N-ethyl adjacent to an activating group) is 1. The van der Waals surface area contributed by atoms with Crippen molar-refractivity contribution in [2.75, 3.05) is 20.1 Å². The zero-order valence-corrected chi connectivity index (χ0v) is 13.6. The fourth-order valence-corrected chi connectivity index (χ4v) is 2.81. The molecule has 0 spiro atoms. The normalized spacial score (nSPS) is 13.7. The Morgan fingerprint density at radius 1 is 1.10 bits per heavy atom. The zero-order valence-electron chi connectivity index (χ0n) is 12.8. The molecule has 0 aliphatic heterocycles. The molecule has 1 atom stereocenters. The topological polar surface area (TPSA) is 58.2 Å². The zero-order chi connectivity index (χ0) is 15.2. The maximum absolute atomic E-state index is 12.2. The smallest absolute Gasteiger partial charge is 0.240 e. The van der Waals surface area contributed by atoms with E-state index in [0.717, 1.165) is 18.5 Å². The number of hydrogen-bond acceptors (Lipinski definition) is 3. The minimum Gasteiger partial charge on any atom is -0.319 e. The third-order valence-corrected chi connectivity index (χ3v) is 5.07. The number of sulfonamides is 1. The Morgan fingerprint density at radius 3 is 2.20 bits per heavy atom. The second-order valence-corrected chi connectivity index (χ2v) is 7.34. The van der Waals surface area contributed by atoms with Crippen LogP contribution in [0.1, 0.15) is 26.3 Å². The van der Waals surface area contributed by atoms with E-state index in [4.69, 9.17) is 0 Å². The molecule has 0 aliphatic rings. The molecule has 2 N–H and O–H groups in total. The molecule has 0 saturated carbocycles. The highest BCUT2D eigenvalue weighted by molar-refractivity contribution is 7.89. The van der Waals surface area contributed by atoms with Gasteiger partial charge in [-0.1, -0.05) is 32.9 Å². The van der Waals surface area contributed by atoms with Crippen LogP contribution in [0, 0.1) is 11.8 Å². The summed E-state index contributed by atoms with van der Waals surface area (Å²) >= 11 is 0. The quantitative estimate of drug-likeness (QED) is 0.772. The highest BCUT2D eigenvalue weighted by Crippen LogP contribution is 2.13. The van der Waals surface area contributed by atoms with E-state index in [1.54, 1.807) is 12.1 Å². The van der Waals surface area contributed by atoms with Crippen LogP contribution < -0.4 is 10.0 Å². The lowest BCUT2D eigenvalue weighted by molar-refractivity contribution is 0.414. The van der Waals surface area contributed by atoms with Gasteiger partial charge in [-0.25, -0.2) is 13.1 Å². The van der Waals surface area contributed by atoms with Crippen LogP contribution in [0.3, 0.4) is 0 Å². The average molecular weight is 298 g/mol. The average Bonchev–Trinajstić information content (AvgIpc) is 2.43. The first-order chi connectivity index (χ1) is 9.36. The minimum absolute atomic E-state index is 0.319. The fourth-order valence-electron chi connectivity index (χ4n) is 1.66. The first-order valence-corrected chi connectivity index (χ1v) is 8.58. The maximum Gasteiger partial charge on any atom is 0.240 e. The molecule has 0 heterocycles. The van der Waals surface area contributed by atoms with Crippen molar-refractivity contribution >= 4 is 10.0 Å². The Bertz CT molecular complexity index is 495. The van der Waals surface area contributed by atoms with E-state index < -0.39 is 10.0 Å². The van der Waals surface area contributed by atoms with E-state index in [2.05, 4.69) is 23.9 Å². The van der Waals surface area contributed by atoms with Gasteiger partial charge in [0.15, 0.2) is 0 Å². The summed E-state index contributed by atoms with van der Waals surface area (Å²) in [5.74, 6) is 0.779. The van der Waals surface area contributed by atoms with Crippen LogP contribution in [-0.4, -0.2) is 28.6 Å². The van der Waals surface area contributed by atoms with Crippen molar-refractivity contribution in [1.29, 1.82) is 0 Å².